The first-order chi connectivity index (χ1) is 5.70. The molecular weight excluding hydrogens is 150 g/mol. The lowest BCUT2D eigenvalue weighted by Crippen LogP contribution is -2.04. The summed E-state index contributed by atoms with van der Waals surface area (Å²) in [5.41, 5.74) is 0. The molecule has 66 valence electrons. The lowest BCUT2D eigenvalue weighted by molar-refractivity contribution is 0.627. The number of nitrogens with zero attached hydrogens (tertiary/aromatic N) is 3. The van der Waals surface area contributed by atoms with E-state index in [1.165, 1.54) is 12.8 Å². The van der Waals surface area contributed by atoms with Crippen LogP contribution in [0.1, 0.15) is 50.3 Å². The Morgan fingerprint density at radius 1 is 1.33 bits per heavy atom. The molecule has 0 atom stereocenters. The maximum absolute atomic E-state index is 4.19. The van der Waals surface area contributed by atoms with Crippen molar-refractivity contribution in [2.75, 3.05) is 0 Å². The molecule has 0 bridgehead atoms. The zero-order valence-electron chi connectivity index (χ0n) is 7.91. The highest BCUT2D eigenvalue weighted by molar-refractivity contribution is 5.04. The van der Waals surface area contributed by atoms with E-state index in [-0.39, 0.29) is 0 Å². The summed E-state index contributed by atoms with van der Waals surface area (Å²) in [6.45, 7) is 6.38. The van der Waals surface area contributed by atoms with Gasteiger partial charge in [-0.2, -0.15) is 0 Å². The predicted molar refractivity (Wildman–Crippen MR) is 47.1 cm³/mol. The van der Waals surface area contributed by atoms with Crippen molar-refractivity contribution in [1.29, 1.82) is 0 Å². The first-order valence-electron chi connectivity index (χ1n) is 4.61. The van der Waals surface area contributed by atoms with Gasteiger partial charge in [0, 0.05) is 12.0 Å². The molecule has 1 aromatic rings. The third kappa shape index (κ3) is 1.13. The summed E-state index contributed by atoms with van der Waals surface area (Å²) < 4.78 is 2.30. The van der Waals surface area contributed by atoms with Crippen molar-refractivity contribution in [2.45, 2.75) is 45.6 Å². The van der Waals surface area contributed by atoms with Crippen molar-refractivity contribution in [1.82, 2.24) is 14.8 Å². The molecule has 12 heavy (non-hydrogen) atoms. The summed E-state index contributed by atoms with van der Waals surface area (Å²) in [5.74, 6) is 2.71. The Hall–Kier alpha value is -0.860. The van der Waals surface area contributed by atoms with Gasteiger partial charge in [-0.05, 0) is 19.8 Å². The van der Waals surface area contributed by atoms with Crippen LogP contribution in [0.25, 0.3) is 0 Å². The molecule has 0 spiro atoms. The molecule has 0 radical (unpaired) electrons. The fraction of sp³-hybridized carbons (Fsp3) is 0.778. The van der Waals surface area contributed by atoms with E-state index >= 15 is 0 Å². The summed E-state index contributed by atoms with van der Waals surface area (Å²) in [5, 5.41) is 8.30. The number of aryl methyl sites for hydroxylation is 1. The molecule has 3 heteroatoms. The van der Waals surface area contributed by atoms with E-state index in [0.29, 0.717) is 12.0 Å². The summed E-state index contributed by atoms with van der Waals surface area (Å²) in [6.07, 6.45) is 2.61. The van der Waals surface area contributed by atoms with Crippen molar-refractivity contribution < 1.29 is 0 Å². The van der Waals surface area contributed by atoms with E-state index in [1.807, 2.05) is 6.92 Å². The van der Waals surface area contributed by atoms with Gasteiger partial charge >= 0.3 is 0 Å². The van der Waals surface area contributed by atoms with Gasteiger partial charge in [-0.15, -0.1) is 10.2 Å². The predicted octanol–water partition coefficient (Wildman–Crippen LogP) is 2.04. The molecule has 3 nitrogen and oxygen atoms in total. The molecule has 1 aliphatic carbocycles. The van der Waals surface area contributed by atoms with Crippen LogP contribution >= 0.6 is 0 Å². The van der Waals surface area contributed by atoms with Gasteiger partial charge in [-0.3, -0.25) is 0 Å². The average molecular weight is 165 g/mol. The third-order valence-corrected chi connectivity index (χ3v) is 2.32. The lowest BCUT2D eigenvalue weighted by Gasteiger charge is -2.08. The van der Waals surface area contributed by atoms with Crippen LogP contribution in [0.15, 0.2) is 0 Å². The maximum Gasteiger partial charge on any atom is 0.135 e. The van der Waals surface area contributed by atoms with Crippen LogP contribution in [0.5, 0.6) is 0 Å². The minimum absolute atomic E-state index is 0.492. The molecule has 2 rings (SSSR count). The molecule has 1 heterocycles. The fourth-order valence-electron chi connectivity index (χ4n) is 1.56. The maximum atomic E-state index is 4.19. The third-order valence-electron chi connectivity index (χ3n) is 2.32. The summed E-state index contributed by atoms with van der Waals surface area (Å²) >= 11 is 0. The van der Waals surface area contributed by atoms with Crippen molar-refractivity contribution in [3.05, 3.63) is 11.6 Å². The van der Waals surface area contributed by atoms with Crippen LogP contribution < -0.4 is 0 Å². The van der Waals surface area contributed by atoms with Crippen LogP contribution in [-0.4, -0.2) is 14.8 Å². The van der Waals surface area contributed by atoms with E-state index in [0.717, 1.165) is 11.6 Å². The molecule has 1 fully saturated rings. The van der Waals surface area contributed by atoms with Crippen LogP contribution in [0.4, 0.5) is 0 Å². The first-order valence-corrected chi connectivity index (χ1v) is 4.61. The quantitative estimate of drug-likeness (QED) is 0.671. The Morgan fingerprint density at radius 3 is 2.50 bits per heavy atom. The highest BCUT2D eigenvalue weighted by Gasteiger charge is 2.28. The molecule has 0 amide bonds. The van der Waals surface area contributed by atoms with Gasteiger partial charge in [-0.1, -0.05) is 13.8 Å². The normalized spacial score (nSPS) is 17.3. The van der Waals surface area contributed by atoms with Crippen LogP contribution in [0, 0.1) is 6.92 Å². The van der Waals surface area contributed by atoms with Gasteiger partial charge in [0.05, 0.1) is 0 Å². The van der Waals surface area contributed by atoms with Crippen molar-refractivity contribution >= 4 is 0 Å². The molecule has 1 aromatic heterocycles. The molecule has 0 N–H and O–H groups in total. The van der Waals surface area contributed by atoms with Gasteiger partial charge < -0.3 is 4.57 Å². The van der Waals surface area contributed by atoms with Crippen LogP contribution in [0.2, 0.25) is 0 Å². The molecule has 1 aliphatic rings. The van der Waals surface area contributed by atoms with Crippen LogP contribution in [0.3, 0.4) is 0 Å². The van der Waals surface area contributed by atoms with Gasteiger partial charge in [0.25, 0.3) is 0 Å². The second-order valence-corrected chi connectivity index (χ2v) is 3.86. The van der Waals surface area contributed by atoms with Gasteiger partial charge in [0.15, 0.2) is 0 Å². The van der Waals surface area contributed by atoms with E-state index in [2.05, 4.69) is 28.6 Å². The molecule has 0 aliphatic heterocycles. The average Bonchev–Trinajstić information content (AvgIpc) is 2.75. The largest absolute Gasteiger partial charge is 0.312 e. The number of hydrogen-bond donors (Lipinski definition) is 0. The minimum atomic E-state index is 0.492. The van der Waals surface area contributed by atoms with Crippen molar-refractivity contribution in [2.24, 2.45) is 0 Å². The Kier molecular flexibility index (Phi) is 1.67. The molecular formula is C9H15N3. The summed E-state index contributed by atoms with van der Waals surface area (Å²) in [7, 11) is 0. The molecule has 0 unspecified atom stereocenters. The van der Waals surface area contributed by atoms with Crippen molar-refractivity contribution in [3.63, 3.8) is 0 Å². The molecule has 0 aromatic carbocycles. The number of aromatic nitrogens is 3. The Labute approximate surface area is 72.8 Å². The first kappa shape index (κ1) is 7.77. The molecule has 1 saturated carbocycles. The van der Waals surface area contributed by atoms with Crippen molar-refractivity contribution in [3.8, 4) is 0 Å². The van der Waals surface area contributed by atoms with E-state index in [4.69, 9.17) is 0 Å². The Balaban J connectivity index is 2.39. The Bertz CT molecular complexity index is 284. The van der Waals surface area contributed by atoms with E-state index in [9.17, 15) is 0 Å². The van der Waals surface area contributed by atoms with Gasteiger partial charge in [0.2, 0.25) is 0 Å². The standard InChI is InChI=1S/C9H15N3/c1-6(2)9-11-10-7(3)12(9)8-4-5-8/h6,8H,4-5H2,1-3H3. The second kappa shape index (κ2) is 2.57. The van der Waals surface area contributed by atoms with E-state index in [1.54, 1.807) is 0 Å². The van der Waals surface area contributed by atoms with E-state index < -0.39 is 0 Å². The lowest BCUT2D eigenvalue weighted by atomic mass is 10.2. The monoisotopic (exact) mass is 165 g/mol. The SMILES string of the molecule is Cc1nnc(C(C)C)n1C1CC1. The Morgan fingerprint density at radius 2 is 2.00 bits per heavy atom. The fourth-order valence-corrected chi connectivity index (χ4v) is 1.56. The van der Waals surface area contributed by atoms with Crippen LogP contribution in [-0.2, 0) is 0 Å². The topological polar surface area (TPSA) is 30.7 Å². The summed E-state index contributed by atoms with van der Waals surface area (Å²) in [6, 6.07) is 0.706. The zero-order chi connectivity index (χ0) is 8.72. The zero-order valence-corrected chi connectivity index (χ0v) is 7.91. The highest BCUT2D eigenvalue weighted by atomic mass is 15.3. The number of rotatable bonds is 2. The number of hydrogen-bond acceptors (Lipinski definition) is 2. The second-order valence-electron chi connectivity index (χ2n) is 3.86. The highest BCUT2D eigenvalue weighted by Crippen LogP contribution is 2.37. The summed E-state index contributed by atoms with van der Waals surface area (Å²) in [4.78, 5) is 0. The molecule has 0 saturated heterocycles. The van der Waals surface area contributed by atoms with Gasteiger partial charge in [-0.25, -0.2) is 0 Å². The smallest absolute Gasteiger partial charge is 0.135 e. The minimum Gasteiger partial charge on any atom is -0.312 e. The van der Waals surface area contributed by atoms with Gasteiger partial charge in [0.1, 0.15) is 11.6 Å².